The predicted octanol–water partition coefficient (Wildman–Crippen LogP) is 2.77. The molecule has 2 aromatic rings. The second kappa shape index (κ2) is 3.35. The third-order valence-corrected chi connectivity index (χ3v) is 2.91. The molecule has 0 bridgehead atoms. The van der Waals surface area contributed by atoms with Crippen molar-refractivity contribution in [2.24, 2.45) is 0 Å². The van der Waals surface area contributed by atoms with Gasteiger partial charge in [-0.3, -0.25) is 0 Å². The van der Waals surface area contributed by atoms with Gasteiger partial charge in [0.15, 0.2) is 5.13 Å². The third kappa shape index (κ3) is 1.57. The molecule has 2 rings (SSSR count). The van der Waals surface area contributed by atoms with Crippen molar-refractivity contribution in [1.82, 2.24) is 4.98 Å². The predicted molar refractivity (Wildman–Crippen MR) is 53.7 cm³/mol. The molecule has 1 heterocycles. The van der Waals surface area contributed by atoms with E-state index in [1.165, 1.54) is 6.07 Å². The van der Waals surface area contributed by atoms with Crippen LogP contribution >= 0.6 is 11.3 Å². The summed E-state index contributed by atoms with van der Waals surface area (Å²) in [6, 6.07) is 3.61. The molecule has 0 saturated carbocycles. The fraction of sp³-hybridized carbons (Fsp3) is 0.111. The highest BCUT2D eigenvalue weighted by atomic mass is 32.1. The molecule has 0 unspecified atom stereocenters. The molecule has 0 aliphatic carbocycles. The molecule has 0 aliphatic heterocycles. The molecule has 0 fully saturated rings. The number of nitriles is 1. The molecule has 0 amide bonds. The Bertz CT molecular complexity index is 594. The van der Waals surface area contributed by atoms with E-state index in [9.17, 15) is 13.2 Å². The van der Waals surface area contributed by atoms with Crippen molar-refractivity contribution in [3.63, 3.8) is 0 Å². The number of hydrogen-bond acceptors (Lipinski definition) is 4. The molecule has 82 valence electrons. The number of nitrogens with zero attached hydrogens (tertiary/aromatic N) is 2. The summed E-state index contributed by atoms with van der Waals surface area (Å²) in [6.45, 7) is 0. The Morgan fingerprint density at radius 1 is 1.38 bits per heavy atom. The second-order valence-corrected chi connectivity index (χ2v) is 4.03. The van der Waals surface area contributed by atoms with Crippen LogP contribution in [0.15, 0.2) is 12.1 Å². The highest BCUT2D eigenvalue weighted by molar-refractivity contribution is 7.22. The maximum atomic E-state index is 12.6. The van der Waals surface area contributed by atoms with Crippen molar-refractivity contribution in [1.29, 1.82) is 5.26 Å². The van der Waals surface area contributed by atoms with Crippen LogP contribution in [-0.2, 0) is 6.18 Å². The number of alkyl halides is 3. The number of halogens is 3. The van der Waals surface area contributed by atoms with Crippen molar-refractivity contribution < 1.29 is 13.2 Å². The van der Waals surface area contributed by atoms with Gasteiger partial charge in [-0.15, -0.1) is 0 Å². The Kier molecular flexibility index (Phi) is 2.24. The standard InChI is InChI=1S/C9H4F3N3S/c10-9(11,12)5-1-2-6-7(4(5)3-13)16-8(14)15-6/h1-2H,(H2,14,15). The largest absolute Gasteiger partial charge is 0.417 e. The number of aromatic nitrogens is 1. The smallest absolute Gasteiger partial charge is 0.375 e. The summed E-state index contributed by atoms with van der Waals surface area (Å²) in [5.41, 5.74) is 4.33. The first-order valence-corrected chi connectivity index (χ1v) is 4.91. The lowest BCUT2D eigenvalue weighted by Crippen LogP contribution is -2.07. The zero-order valence-corrected chi connectivity index (χ0v) is 8.49. The minimum absolute atomic E-state index is 0.144. The van der Waals surface area contributed by atoms with Crippen LogP contribution in [0.5, 0.6) is 0 Å². The van der Waals surface area contributed by atoms with E-state index in [0.717, 1.165) is 17.4 Å². The average molecular weight is 243 g/mol. The second-order valence-electron chi connectivity index (χ2n) is 3.00. The van der Waals surface area contributed by atoms with Crippen LogP contribution in [0.2, 0.25) is 0 Å². The lowest BCUT2D eigenvalue weighted by molar-refractivity contribution is -0.137. The van der Waals surface area contributed by atoms with Gasteiger partial charge in [-0.1, -0.05) is 11.3 Å². The molecule has 16 heavy (non-hydrogen) atoms. The van der Waals surface area contributed by atoms with Crippen molar-refractivity contribution in [2.75, 3.05) is 5.73 Å². The molecule has 0 spiro atoms. The minimum Gasteiger partial charge on any atom is -0.375 e. The lowest BCUT2D eigenvalue weighted by Gasteiger charge is -2.07. The van der Waals surface area contributed by atoms with E-state index in [-0.39, 0.29) is 9.83 Å². The Balaban J connectivity index is 2.84. The fourth-order valence-corrected chi connectivity index (χ4v) is 2.19. The van der Waals surface area contributed by atoms with Crippen molar-refractivity contribution >= 4 is 26.7 Å². The maximum absolute atomic E-state index is 12.6. The Hall–Kier alpha value is -1.81. The van der Waals surface area contributed by atoms with E-state index < -0.39 is 17.3 Å². The number of nitrogen functional groups attached to an aromatic ring is 1. The van der Waals surface area contributed by atoms with E-state index in [1.54, 1.807) is 6.07 Å². The van der Waals surface area contributed by atoms with Gasteiger partial charge >= 0.3 is 6.18 Å². The van der Waals surface area contributed by atoms with Crippen LogP contribution < -0.4 is 5.73 Å². The van der Waals surface area contributed by atoms with Gasteiger partial charge in [-0.25, -0.2) is 4.98 Å². The summed E-state index contributed by atoms with van der Waals surface area (Å²) in [7, 11) is 0. The summed E-state index contributed by atoms with van der Waals surface area (Å²) in [6.07, 6.45) is -4.54. The fourth-order valence-electron chi connectivity index (χ4n) is 1.36. The van der Waals surface area contributed by atoms with Crippen molar-refractivity contribution in [3.8, 4) is 6.07 Å². The number of anilines is 1. The lowest BCUT2D eigenvalue weighted by atomic mass is 10.1. The van der Waals surface area contributed by atoms with E-state index >= 15 is 0 Å². The molecule has 0 aliphatic rings. The number of rotatable bonds is 0. The van der Waals surface area contributed by atoms with Gasteiger partial charge in [0.2, 0.25) is 0 Å². The zero-order chi connectivity index (χ0) is 11.9. The van der Waals surface area contributed by atoms with Gasteiger partial charge in [-0.05, 0) is 12.1 Å². The molecule has 0 radical (unpaired) electrons. The molecule has 0 atom stereocenters. The Morgan fingerprint density at radius 3 is 2.62 bits per heavy atom. The van der Waals surface area contributed by atoms with E-state index in [2.05, 4.69) is 4.98 Å². The first-order chi connectivity index (χ1) is 7.43. The van der Waals surface area contributed by atoms with Gasteiger partial charge in [0.05, 0.1) is 21.3 Å². The van der Waals surface area contributed by atoms with E-state index in [0.29, 0.717) is 5.52 Å². The van der Waals surface area contributed by atoms with E-state index in [4.69, 9.17) is 11.0 Å². The highest BCUT2D eigenvalue weighted by Crippen LogP contribution is 2.37. The van der Waals surface area contributed by atoms with Gasteiger partial charge in [0, 0.05) is 0 Å². The van der Waals surface area contributed by atoms with Crippen LogP contribution in [0.1, 0.15) is 11.1 Å². The molecule has 7 heteroatoms. The number of nitrogens with two attached hydrogens (primary N) is 1. The Morgan fingerprint density at radius 2 is 2.06 bits per heavy atom. The van der Waals surface area contributed by atoms with Gasteiger partial charge in [0.1, 0.15) is 6.07 Å². The molecular weight excluding hydrogens is 239 g/mol. The van der Waals surface area contributed by atoms with Crippen LogP contribution in [0, 0.1) is 11.3 Å². The topological polar surface area (TPSA) is 62.7 Å². The quantitative estimate of drug-likeness (QED) is 0.773. The summed E-state index contributed by atoms with van der Waals surface area (Å²) >= 11 is 0.878. The summed E-state index contributed by atoms with van der Waals surface area (Å²) in [5, 5.41) is 8.92. The van der Waals surface area contributed by atoms with E-state index in [1.807, 2.05) is 0 Å². The molecule has 3 nitrogen and oxygen atoms in total. The number of hydrogen-bond donors (Lipinski definition) is 1. The molecule has 1 aromatic carbocycles. The number of benzene rings is 1. The maximum Gasteiger partial charge on any atom is 0.417 e. The van der Waals surface area contributed by atoms with Crippen LogP contribution in [0.4, 0.5) is 18.3 Å². The Labute approximate surface area is 91.9 Å². The third-order valence-electron chi connectivity index (χ3n) is 1.99. The summed E-state index contributed by atoms with van der Waals surface area (Å²) in [5.74, 6) is 0. The van der Waals surface area contributed by atoms with Crippen molar-refractivity contribution in [2.45, 2.75) is 6.18 Å². The average Bonchev–Trinajstić information content (AvgIpc) is 2.54. The number of fused-ring (bicyclic) bond motifs is 1. The molecular formula is C9H4F3N3S. The minimum atomic E-state index is -4.54. The molecule has 1 aromatic heterocycles. The van der Waals surface area contributed by atoms with Crippen LogP contribution in [0.3, 0.4) is 0 Å². The SMILES string of the molecule is N#Cc1c(C(F)(F)F)ccc2nc(N)sc12. The zero-order valence-electron chi connectivity index (χ0n) is 7.67. The van der Waals surface area contributed by atoms with Gasteiger partial charge < -0.3 is 5.73 Å². The van der Waals surface area contributed by atoms with Crippen molar-refractivity contribution in [3.05, 3.63) is 23.3 Å². The van der Waals surface area contributed by atoms with Gasteiger partial charge in [0.25, 0.3) is 0 Å². The normalized spacial score (nSPS) is 11.6. The van der Waals surface area contributed by atoms with Crippen LogP contribution in [0.25, 0.3) is 10.2 Å². The first-order valence-electron chi connectivity index (χ1n) is 4.10. The first kappa shape index (κ1) is 10.7. The number of thiazole rings is 1. The monoisotopic (exact) mass is 243 g/mol. The van der Waals surface area contributed by atoms with Gasteiger partial charge in [-0.2, -0.15) is 18.4 Å². The highest BCUT2D eigenvalue weighted by Gasteiger charge is 2.34. The molecule has 0 saturated heterocycles. The summed E-state index contributed by atoms with van der Waals surface area (Å²) < 4.78 is 37.9. The van der Waals surface area contributed by atoms with Crippen LogP contribution in [-0.4, -0.2) is 4.98 Å². The summed E-state index contributed by atoms with van der Waals surface area (Å²) in [4.78, 5) is 3.82. The molecule has 2 N–H and O–H groups in total.